The van der Waals surface area contributed by atoms with Crippen LogP contribution < -0.4 is 10.6 Å². The Bertz CT molecular complexity index is 926. The number of amides is 3. The molecule has 30 heavy (non-hydrogen) atoms. The van der Waals surface area contributed by atoms with Crippen molar-refractivity contribution in [1.29, 1.82) is 0 Å². The third kappa shape index (κ3) is 5.48. The molecular formula is C19H21F3N4O3S. The number of benzene rings is 1. The number of nitrogens with one attached hydrogen (secondary N) is 2. The Kier molecular flexibility index (Phi) is 6.61. The molecule has 1 aromatic heterocycles. The predicted molar refractivity (Wildman–Crippen MR) is 106 cm³/mol. The van der Waals surface area contributed by atoms with Gasteiger partial charge in [0.1, 0.15) is 6.10 Å². The Morgan fingerprint density at radius 2 is 2.10 bits per heavy atom. The van der Waals surface area contributed by atoms with Crippen molar-refractivity contribution in [2.24, 2.45) is 0 Å². The first-order valence-electron chi connectivity index (χ1n) is 9.20. The Morgan fingerprint density at radius 3 is 2.70 bits per heavy atom. The molecule has 0 spiro atoms. The molecule has 11 heteroatoms. The summed E-state index contributed by atoms with van der Waals surface area (Å²) in [5.41, 5.74) is -1.47. The van der Waals surface area contributed by atoms with E-state index in [1.807, 2.05) is 6.92 Å². The molecule has 3 amide bonds. The monoisotopic (exact) mass is 442 g/mol. The first kappa shape index (κ1) is 22.0. The van der Waals surface area contributed by atoms with Crippen molar-refractivity contribution < 1.29 is 27.5 Å². The summed E-state index contributed by atoms with van der Waals surface area (Å²) in [5, 5.41) is 5.57. The molecule has 1 aromatic carbocycles. The van der Waals surface area contributed by atoms with E-state index in [2.05, 4.69) is 15.6 Å². The zero-order valence-electron chi connectivity index (χ0n) is 16.4. The number of nitrogens with zero attached hydrogens (tertiary/aromatic N) is 2. The van der Waals surface area contributed by atoms with Crippen LogP contribution in [0.4, 0.5) is 29.3 Å². The van der Waals surface area contributed by atoms with Gasteiger partial charge in [0.05, 0.1) is 22.8 Å². The molecule has 7 nitrogen and oxygen atoms in total. The maximum atomic E-state index is 13.6. The summed E-state index contributed by atoms with van der Waals surface area (Å²) < 4.78 is 45.9. The molecule has 2 N–H and O–H groups in total. The van der Waals surface area contributed by atoms with Gasteiger partial charge in [-0.2, -0.15) is 13.2 Å². The first-order valence-corrected chi connectivity index (χ1v) is 10.0. The summed E-state index contributed by atoms with van der Waals surface area (Å²) in [7, 11) is 1.48. The van der Waals surface area contributed by atoms with Crippen molar-refractivity contribution in [2.75, 3.05) is 24.3 Å². The molecule has 0 aliphatic carbocycles. The van der Waals surface area contributed by atoms with E-state index >= 15 is 0 Å². The Hall–Kier alpha value is -2.66. The van der Waals surface area contributed by atoms with E-state index in [9.17, 15) is 22.8 Å². The van der Waals surface area contributed by atoms with Crippen molar-refractivity contribution >= 4 is 34.6 Å². The molecule has 162 valence electrons. The lowest BCUT2D eigenvalue weighted by Gasteiger charge is -2.20. The number of rotatable bonds is 5. The Labute approximate surface area is 175 Å². The molecule has 1 atom stereocenters. The molecule has 2 heterocycles. The van der Waals surface area contributed by atoms with Crippen LogP contribution in [0.15, 0.2) is 24.4 Å². The second-order valence-electron chi connectivity index (χ2n) is 6.88. The lowest BCUT2D eigenvalue weighted by atomic mass is 10.1. The summed E-state index contributed by atoms with van der Waals surface area (Å²) in [5.74, 6) is -0.489. The van der Waals surface area contributed by atoms with Gasteiger partial charge >= 0.3 is 12.2 Å². The standard InChI is InChI=1S/C19H21F3N4O3S/c1-11-23-9-13(30-11)10-26(2)18(28)25-15-6-5-12(8-14(15)19(20,21)22)24-17(27)16-4-3-7-29-16/h5-6,8-9,16H,3-4,7,10H2,1-2H3,(H,24,27)(H,25,28). The molecule has 1 aliphatic heterocycles. The minimum atomic E-state index is -4.72. The highest BCUT2D eigenvalue weighted by atomic mass is 32.1. The van der Waals surface area contributed by atoms with Crippen LogP contribution in [0.3, 0.4) is 0 Å². The number of hydrogen-bond acceptors (Lipinski definition) is 5. The van der Waals surface area contributed by atoms with Gasteiger partial charge in [0.2, 0.25) is 0 Å². The number of aromatic nitrogens is 1. The fraction of sp³-hybridized carbons (Fsp3) is 0.421. The molecule has 1 fully saturated rings. The van der Waals surface area contributed by atoms with E-state index in [0.717, 1.165) is 28.4 Å². The number of thiazole rings is 1. The largest absolute Gasteiger partial charge is 0.418 e. The Balaban J connectivity index is 1.73. The van der Waals surface area contributed by atoms with E-state index in [4.69, 9.17) is 4.74 Å². The summed E-state index contributed by atoms with van der Waals surface area (Å²) in [6.45, 7) is 2.49. The minimum Gasteiger partial charge on any atom is -0.368 e. The van der Waals surface area contributed by atoms with E-state index in [0.29, 0.717) is 13.0 Å². The number of carbonyl (C=O) groups is 2. The molecule has 2 aromatic rings. The summed E-state index contributed by atoms with van der Waals surface area (Å²) in [6, 6.07) is 2.54. The maximum Gasteiger partial charge on any atom is 0.418 e. The molecule has 3 rings (SSSR count). The van der Waals surface area contributed by atoms with Crippen molar-refractivity contribution in [2.45, 2.75) is 38.6 Å². The zero-order valence-corrected chi connectivity index (χ0v) is 17.2. The second-order valence-corrected chi connectivity index (χ2v) is 8.20. The summed E-state index contributed by atoms with van der Waals surface area (Å²) in [4.78, 5) is 30.7. The number of alkyl halides is 3. The van der Waals surface area contributed by atoms with Crippen LogP contribution in [0.2, 0.25) is 0 Å². The maximum absolute atomic E-state index is 13.6. The summed E-state index contributed by atoms with van der Waals surface area (Å²) >= 11 is 1.40. The Morgan fingerprint density at radius 1 is 1.33 bits per heavy atom. The first-order chi connectivity index (χ1) is 14.1. The average Bonchev–Trinajstić information content (AvgIpc) is 3.34. The van der Waals surface area contributed by atoms with Gasteiger partial charge in [-0.3, -0.25) is 4.79 Å². The van der Waals surface area contributed by atoms with E-state index in [1.165, 1.54) is 29.4 Å². The SMILES string of the molecule is Cc1ncc(CN(C)C(=O)Nc2ccc(NC(=O)C3CCCO3)cc2C(F)(F)F)s1. The molecule has 1 aliphatic rings. The van der Waals surface area contributed by atoms with Gasteiger partial charge < -0.3 is 20.3 Å². The van der Waals surface area contributed by atoms with E-state index < -0.39 is 35.5 Å². The normalized spacial score (nSPS) is 16.4. The van der Waals surface area contributed by atoms with Crippen molar-refractivity contribution in [3.05, 3.63) is 39.8 Å². The number of carbonyl (C=O) groups excluding carboxylic acids is 2. The second kappa shape index (κ2) is 9.00. The third-order valence-corrected chi connectivity index (χ3v) is 5.36. The quantitative estimate of drug-likeness (QED) is 0.725. The fourth-order valence-electron chi connectivity index (χ4n) is 2.97. The molecule has 1 unspecified atom stereocenters. The van der Waals surface area contributed by atoms with Crippen molar-refractivity contribution in [1.82, 2.24) is 9.88 Å². The van der Waals surface area contributed by atoms with Gasteiger partial charge in [0.25, 0.3) is 5.91 Å². The van der Waals surface area contributed by atoms with Crippen molar-refractivity contribution in [3.8, 4) is 0 Å². The predicted octanol–water partition coefficient (Wildman–Crippen LogP) is 4.25. The lowest BCUT2D eigenvalue weighted by Crippen LogP contribution is -2.31. The highest BCUT2D eigenvalue weighted by molar-refractivity contribution is 7.11. The lowest BCUT2D eigenvalue weighted by molar-refractivity contribution is -0.137. The highest BCUT2D eigenvalue weighted by Gasteiger charge is 2.35. The zero-order chi connectivity index (χ0) is 21.9. The van der Waals surface area contributed by atoms with E-state index in [1.54, 1.807) is 6.20 Å². The number of hydrogen-bond donors (Lipinski definition) is 2. The van der Waals surface area contributed by atoms with Gasteiger partial charge in [-0.1, -0.05) is 0 Å². The molecule has 0 radical (unpaired) electrons. The number of halogens is 3. The molecular weight excluding hydrogens is 421 g/mol. The topological polar surface area (TPSA) is 83.6 Å². The van der Waals surface area contributed by atoms with Crippen LogP contribution in [0.1, 0.15) is 28.3 Å². The fourth-order valence-corrected chi connectivity index (χ4v) is 3.82. The average molecular weight is 442 g/mol. The van der Waals surface area contributed by atoms with Crippen LogP contribution in [-0.4, -0.2) is 41.6 Å². The highest BCUT2D eigenvalue weighted by Crippen LogP contribution is 2.37. The van der Waals surface area contributed by atoms with Crippen LogP contribution in [0.5, 0.6) is 0 Å². The number of anilines is 2. The van der Waals surface area contributed by atoms with Gasteiger partial charge in [0.15, 0.2) is 0 Å². The molecule has 1 saturated heterocycles. The van der Waals surface area contributed by atoms with Gasteiger partial charge in [-0.05, 0) is 38.0 Å². The smallest absolute Gasteiger partial charge is 0.368 e. The van der Waals surface area contributed by atoms with Crippen LogP contribution in [0, 0.1) is 6.92 Å². The summed E-state index contributed by atoms with van der Waals surface area (Å²) in [6.07, 6.45) is -2.51. The minimum absolute atomic E-state index is 0.0192. The number of urea groups is 1. The number of aryl methyl sites for hydroxylation is 1. The molecule has 0 bridgehead atoms. The van der Waals surface area contributed by atoms with Crippen LogP contribution >= 0.6 is 11.3 Å². The third-order valence-electron chi connectivity index (χ3n) is 4.47. The van der Waals surface area contributed by atoms with E-state index in [-0.39, 0.29) is 12.2 Å². The van der Waals surface area contributed by atoms with Gasteiger partial charge in [-0.25, -0.2) is 9.78 Å². The number of ether oxygens (including phenoxy) is 1. The van der Waals surface area contributed by atoms with Gasteiger partial charge in [-0.15, -0.1) is 11.3 Å². The van der Waals surface area contributed by atoms with Gasteiger partial charge in [0, 0.05) is 30.4 Å². The van der Waals surface area contributed by atoms with Crippen LogP contribution in [0.25, 0.3) is 0 Å². The molecule has 0 saturated carbocycles. The van der Waals surface area contributed by atoms with Crippen molar-refractivity contribution in [3.63, 3.8) is 0 Å². The van der Waals surface area contributed by atoms with Crippen LogP contribution in [-0.2, 0) is 22.3 Å².